The summed E-state index contributed by atoms with van der Waals surface area (Å²) in [6.07, 6.45) is 1.53. The standard InChI is InChI=1S/C16H22N4O3S/c1-10(8-22-3)19-14-12-11(2)13(24-15(12)18-9-17-14)16(21)20-4-6-23-7-5-20/h9-10H,4-8H2,1-3H3,(H,17,18,19)/t10-/m1/s1. The fourth-order valence-electron chi connectivity index (χ4n) is 2.82. The van der Waals surface area contributed by atoms with E-state index in [4.69, 9.17) is 9.47 Å². The van der Waals surface area contributed by atoms with E-state index in [2.05, 4.69) is 15.3 Å². The zero-order valence-electron chi connectivity index (χ0n) is 14.2. The molecule has 130 valence electrons. The first-order valence-electron chi connectivity index (χ1n) is 7.98. The Bertz CT molecular complexity index is 727. The first kappa shape index (κ1) is 17.1. The highest BCUT2D eigenvalue weighted by molar-refractivity contribution is 7.20. The minimum absolute atomic E-state index is 0.0506. The van der Waals surface area contributed by atoms with Crippen LogP contribution >= 0.6 is 11.3 Å². The zero-order valence-corrected chi connectivity index (χ0v) is 15.0. The topological polar surface area (TPSA) is 76.6 Å². The number of ether oxygens (including phenoxy) is 2. The summed E-state index contributed by atoms with van der Waals surface area (Å²) in [7, 11) is 1.67. The van der Waals surface area contributed by atoms with E-state index in [0.29, 0.717) is 32.9 Å². The summed E-state index contributed by atoms with van der Waals surface area (Å²) in [5, 5.41) is 4.26. The summed E-state index contributed by atoms with van der Waals surface area (Å²) in [4.78, 5) is 24.9. The number of nitrogens with one attached hydrogen (secondary N) is 1. The van der Waals surface area contributed by atoms with E-state index in [9.17, 15) is 4.79 Å². The number of thiophene rings is 1. The Balaban J connectivity index is 1.93. The molecule has 0 saturated carbocycles. The van der Waals surface area contributed by atoms with Crippen LogP contribution in [-0.2, 0) is 9.47 Å². The van der Waals surface area contributed by atoms with Gasteiger partial charge in [-0.25, -0.2) is 9.97 Å². The number of amides is 1. The molecule has 0 spiro atoms. The lowest BCUT2D eigenvalue weighted by Crippen LogP contribution is -2.40. The fraction of sp³-hybridized carbons (Fsp3) is 0.562. The Labute approximate surface area is 145 Å². The second-order valence-corrected chi connectivity index (χ2v) is 6.86. The fourth-order valence-corrected chi connectivity index (χ4v) is 3.94. The minimum Gasteiger partial charge on any atom is -0.383 e. The molecule has 1 aliphatic rings. The number of carbonyl (C=O) groups is 1. The Kier molecular flexibility index (Phi) is 5.27. The van der Waals surface area contributed by atoms with Crippen molar-refractivity contribution >= 4 is 33.3 Å². The van der Waals surface area contributed by atoms with Crippen LogP contribution in [0.1, 0.15) is 22.2 Å². The van der Waals surface area contributed by atoms with Gasteiger partial charge >= 0.3 is 0 Å². The molecule has 8 heteroatoms. The molecule has 0 radical (unpaired) electrons. The van der Waals surface area contributed by atoms with Crippen molar-refractivity contribution in [2.45, 2.75) is 19.9 Å². The molecule has 1 aliphatic heterocycles. The molecule has 0 bridgehead atoms. The number of rotatable bonds is 5. The average molecular weight is 350 g/mol. The smallest absolute Gasteiger partial charge is 0.264 e. The van der Waals surface area contributed by atoms with E-state index in [1.54, 1.807) is 7.11 Å². The van der Waals surface area contributed by atoms with Gasteiger partial charge in [0, 0.05) is 26.2 Å². The quantitative estimate of drug-likeness (QED) is 0.888. The normalized spacial score (nSPS) is 16.4. The third-order valence-corrected chi connectivity index (χ3v) is 5.21. The van der Waals surface area contributed by atoms with E-state index in [-0.39, 0.29) is 11.9 Å². The number of nitrogens with zero attached hydrogens (tertiary/aromatic N) is 3. The average Bonchev–Trinajstić information content (AvgIpc) is 2.93. The Morgan fingerprint density at radius 2 is 2.21 bits per heavy atom. The lowest BCUT2D eigenvalue weighted by atomic mass is 10.1. The van der Waals surface area contributed by atoms with Gasteiger partial charge in [0.15, 0.2) is 0 Å². The predicted molar refractivity (Wildman–Crippen MR) is 93.8 cm³/mol. The molecule has 1 fully saturated rings. The first-order chi connectivity index (χ1) is 11.6. The molecule has 1 atom stereocenters. The molecule has 0 aliphatic carbocycles. The van der Waals surface area contributed by atoms with Crippen molar-refractivity contribution in [2.75, 3.05) is 45.3 Å². The molecule has 2 aromatic heterocycles. The summed E-state index contributed by atoms with van der Waals surface area (Å²) < 4.78 is 10.5. The van der Waals surface area contributed by atoms with Gasteiger partial charge in [0.05, 0.1) is 30.1 Å². The molecule has 24 heavy (non-hydrogen) atoms. The van der Waals surface area contributed by atoms with Gasteiger partial charge in [0.1, 0.15) is 17.0 Å². The largest absolute Gasteiger partial charge is 0.383 e. The molecular weight excluding hydrogens is 328 g/mol. The lowest BCUT2D eigenvalue weighted by molar-refractivity contribution is 0.0306. The highest BCUT2D eigenvalue weighted by atomic mass is 32.1. The number of hydrogen-bond donors (Lipinski definition) is 1. The molecule has 1 saturated heterocycles. The highest BCUT2D eigenvalue weighted by Crippen LogP contribution is 2.34. The maximum Gasteiger partial charge on any atom is 0.264 e. The number of hydrogen-bond acceptors (Lipinski definition) is 7. The first-order valence-corrected chi connectivity index (χ1v) is 8.80. The Hall–Kier alpha value is -1.77. The van der Waals surface area contributed by atoms with Crippen LogP contribution in [0.15, 0.2) is 6.33 Å². The summed E-state index contributed by atoms with van der Waals surface area (Å²) in [6, 6.07) is 0.116. The van der Waals surface area contributed by atoms with Crippen molar-refractivity contribution in [3.8, 4) is 0 Å². The van der Waals surface area contributed by atoms with E-state index < -0.39 is 0 Å². The van der Waals surface area contributed by atoms with Crippen LogP contribution in [0.25, 0.3) is 10.2 Å². The predicted octanol–water partition coefficient (Wildman–Crippen LogP) is 1.92. The van der Waals surface area contributed by atoms with Crippen LogP contribution < -0.4 is 5.32 Å². The van der Waals surface area contributed by atoms with Gasteiger partial charge in [-0.1, -0.05) is 0 Å². The van der Waals surface area contributed by atoms with Crippen LogP contribution in [-0.4, -0.2) is 66.8 Å². The van der Waals surface area contributed by atoms with Crippen molar-refractivity contribution in [3.63, 3.8) is 0 Å². The van der Waals surface area contributed by atoms with Crippen LogP contribution in [0.3, 0.4) is 0 Å². The monoisotopic (exact) mass is 350 g/mol. The molecule has 3 rings (SSSR count). The number of aromatic nitrogens is 2. The zero-order chi connectivity index (χ0) is 17.1. The lowest BCUT2D eigenvalue weighted by Gasteiger charge is -2.26. The van der Waals surface area contributed by atoms with Crippen molar-refractivity contribution in [3.05, 3.63) is 16.8 Å². The third-order valence-electron chi connectivity index (χ3n) is 4.02. The van der Waals surface area contributed by atoms with Crippen LogP contribution in [0.5, 0.6) is 0 Å². The SMILES string of the molecule is COC[C@@H](C)Nc1ncnc2sc(C(=O)N3CCOCC3)c(C)c12. The highest BCUT2D eigenvalue weighted by Gasteiger charge is 2.25. The number of morpholine rings is 1. The molecule has 2 aromatic rings. The van der Waals surface area contributed by atoms with Gasteiger partial charge in [-0.2, -0.15) is 0 Å². The van der Waals surface area contributed by atoms with Gasteiger partial charge in [0.2, 0.25) is 0 Å². The number of anilines is 1. The van der Waals surface area contributed by atoms with Crippen LogP contribution in [0, 0.1) is 6.92 Å². The molecule has 0 unspecified atom stereocenters. The van der Waals surface area contributed by atoms with E-state index in [1.807, 2.05) is 18.7 Å². The van der Waals surface area contributed by atoms with Gasteiger partial charge in [-0.3, -0.25) is 4.79 Å². The molecule has 0 aromatic carbocycles. The van der Waals surface area contributed by atoms with Crippen molar-refractivity contribution < 1.29 is 14.3 Å². The maximum absolute atomic E-state index is 12.8. The van der Waals surface area contributed by atoms with Gasteiger partial charge in [-0.15, -0.1) is 11.3 Å². The number of methoxy groups -OCH3 is 1. The molecule has 1 N–H and O–H groups in total. The van der Waals surface area contributed by atoms with Gasteiger partial charge in [0.25, 0.3) is 5.91 Å². The number of aryl methyl sites for hydroxylation is 1. The van der Waals surface area contributed by atoms with E-state index in [0.717, 1.165) is 26.5 Å². The molecular formula is C16H22N4O3S. The van der Waals surface area contributed by atoms with Gasteiger partial charge in [-0.05, 0) is 19.4 Å². The Morgan fingerprint density at radius 3 is 2.92 bits per heavy atom. The van der Waals surface area contributed by atoms with E-state index in [1.165, 1.54) is 17.7 Å². The summed E-state index contributed by atoms with van der Waals surface area (Å²) in [6.45, 7) is 7.02. The van der Waals surface area contributed by atoms with Crippen molar-refractivity contribution in [1.82, 2.24) is 14.9 Å². The van der Waals surface area contributed by atoms with E-state index >= 15 is 0 Å². The summed E-state index contributed by atoms with van der Waals surface area (Å²) in [5.41, 5.74) is 0.930. The summed E-state index contributed by atoms with van der Waals surface area (Å²) >= 11 is 1.43. The third kappa shape index (κ3) is 3.35. The maximum atomic E-state index is 12.8. The molecule has 3 heterocycles. The minimum atomic E-state index is 0.0506. The molecule has 1 amide bonds. The summed E-state index contributed by atoms with van der Waals surface area (Å²) in [5.74, 6) is 0.800. The second-order valence-electron chi connectivity index (χ2n) is 5.86. The van der Waals surface area contributed by atoms with Gasteiger partial charge < -0.3 is 19.7 Å². The second kappa shape index (κ2) is 7.42. The van der Waals surface area contributed by atoms with Crippen LogP contribution in [0.2, 0.25) is 0 Å². The van der Waals surface area contributed by atoms with Crippen molar-refractivity contribution in [1.29, 1.82) is 0 Å². The number of carbonyl (C=O) groups excluding carboxylic acids is 1. The Morgan fingerprint density at radius 1 is 1.46 bits per heavy atom. The van der Waals surface area contributed by atoms with Crippen molar-refractivity contribution in [2.24, 2.45) is 0 Å². The number of fused-ring (bicyclic) bond motifs is 1. The van der Waals surface area contributed by atoms with Crippen LogP contribution in [0.4, 0.5) is 5.82 Å². The molecule has 7 nitrogen and oxygen atoms in total.